The van der Waals surface area contributed by atoms with Crippen LogP contribution in [0.2, 0.25) is 0 Å². The normalized spacial score (nSPS) is 22.1. The van der Waals surface area contributed by atoms with Crippen molar-refractivity contribution in [2.45, 2.75) is 25.7 Å². The van der Waals surface area contributed by atoms with Gasteiger partial charge in [-0.15, -0.1) is 0 Å². The van der Waals surface area contributed by atoms with E-state index < -0.39 is 11.9 Å². The van der Waals surface area contributed by atoms with Gasteiger partial charge < -0.3 is 14.0 Å². The zero-order valence-corrected chi connectivity index (χ0v) is 10.9. The molecule has 0 amide bonds. The lowest BCUT2D eigenvalue weighted by molar-refractivity contribution is -0.142. The van der Waals surface area contributed by atoms with Crippen molar-refractivity contribution in [2.75, 3.05) is 0 Å². The zero-order valence-electron chi connectivity index (χ0n) is 10.9. The Morgan fingerprint density at radius 3 is 2.90 bits per heavy atom. The second kappa shape index (κ2) is 4.96. The van der Waals surface area contributed by atoms with E-state index in [2.05, 4.69) is 10.1 Å². The maximum Gasteiger partial charge on any atom is 0.307 e. The Morgan fingerprint density at radius 2 is 2.20 bits per heavy atom. The van der Waals surface area contributed by atoms with Gasteiger partial charge in [-0.1, -0.05) is 17.3 Å². The predicted octanol–water partition coefficient (Wildman–Crippen LogP) is 2.77. The molecule has 2 heterocycles. The number of carbonyl (C=O) groups is 1. The number of hydrogen-bond donors (Lipinski definition) is 1. The van der Waals surface area contributed by atoms with Crippen LogP contribution in [0.3, 0.4) is 0 Å². The van der Waals surface area contributed by atoms with E-state index in [1.807, 2.05) is 25.1 Å². The van der Waals surface area contributed by atoms with Gasteiger partial charge in [0, 0.05) is 0 Å². The number of nitrogens with zero attached hydrogens (tertiary/aromatic N) is 2. The number of carboxylic acid groups (broad SMARTS) is 1. The van der Waals surface area contributed by atoms with Crippen LogP contribution in [0.1, 0.15) is 30.2 Å². The van der Waals surface area contributed by atoms with Crippen molar-refractivity contribution >= 4 is 5.97 Å². The number of aliphatic carboxylic acids is 1. The fourth-order valence-electron chi connectivity index (χ4n) is 2.44. The van der Waals surface area contributed by atoms with E-state index >= 15 is 0 Å². The molecule has 0 saturated heterocycles. The van der Waals surface area contributed by atoms with Gasteiger partial charge in [0.2, 0.25) is 11.7 Å². The Hall–Kier alpha value is -2.37. The van der Waals surface area contributed by atoms with Crippen LogP contribution in [0.15, 0.2) is 33.4 Å². The standard InChI is InChI=1S/C14H14N2O4/c1-8-6-7-19-11(8)12-15-13(20-16-12)9-4-2-3-5-10(9)14(17)18/h2-3,6-7,9-10H,4-5H2,1H3,(H,17,18). The molecular weight excluding hydrogens is 260 g/mol. The molecule has 2 unspecified atom stereocenters. The molecule has 0 aromatic carbocycles. The zero-order chi connectivity index (χ0) is 14.1. The van der Waals surface area contributed by atoms with Crippen LogP contribution >= 0.6 is 0 Å². The van der Waals surface area contributed by atoms with Crippen LogP contribution in [-0.4, -0.2) is 21.2 Å². The highest BCUT2D eigenvalue weighted by molar-refractivity contribution is 5.71. The van der Waals surface area contributed by atoms with Gasteiger partial charge in [-0.2, -0.15) is 4.98 Å². The molecule has 1 aliphatic rings. The first-order chi connectivity index (χ1) is 9.66. The lowest BCUT2D eigenvalue weighted by atomic mass is 9.83. The Bertz CT molecular complexity index is 656. The third kappa shape index (κ3) is 2.13. The molecule has 6 nitrogen and oxygen atoms in total. The molecule has 0 aliphatic heterocycles. The van der Waals surface area contributed by atoms with E-state index in [9.17, 15) is 9.90 Å². The van der Waals surface area contributed by atoms with Crippen molar-refractivity contribution in [2.24, 2.45) is 5.92 Å². The quantitative estimate of drug-likeness (QED) is 0.865. The van der Waals surface area contributed by atoms with Crippen molar-refractivity contribution in [1.29, 1.82) is 0 Å². The van der Waals surface area contributed by atoms with Crippen LogP contribution < -0.4 is 0 Å². The summed E-state index contributed by atoms with van der Waals surface area (Å²) in [5.74, 6) is -0.375. The average molecular weight is 274 g/mol. The van der Waals surface area contributed by atoms with Crippen LogP contribution in [0.25, 0.3) is 11.6 Å². The molecule has 2 atom stereocenters. The lowest BCUT2D eigenvalue weighted by Gasteiger charge is -2.21. The molecule has 2 aromatic heterocycles. The summed E-state index contributed by atoms with van der Waals surface area (Å²) in [7, 11) is 0. The highest BCUT2D eigenvalue weighted by Crippen LogP contribution is 2.35. The third-order valence-electron chi connectivity index (χ3n) is 3.57. The molecule has 2 aromatic rings. The van der Waals surface area contributed by atoms with Crippen LogP contribution in [-0.2, 0) is 4.79 Å². The number of allylic oxidation sites excluding steroid dienone is 2. The Kier molecular flexibility index (Phi) is 3.14. The van der Waals surface area contributed by atoms with Gasteiger partial charge in [0.15, 0.2) is 5.76 Å². The molecule has 0 bridgehead atoms. The Balaban J connectivity index is 1.91. The average Bonchev–Trinajstić information content (AvgIpc) is 3.07. The molecule has 0 spiro atoms. The first-order valence-electron chi connectivity index (χ1n) is 6.42. The smallest absolute Gasteiger partial charge is 0.307 e. The summed E-state index contributed by atoms with van der Waals surface area (Å²) in [5.41, 5.74) is 0.913. The molecule has 3 rings (SSSR count). The number of furan rings is 1. The van der Waals surface area contributed by atoms with Crippen molar-refractivity contribution in [3.05, 3.63) is 35.9 Å². The van der Waals surface area contributed by atoms with Crippen LogP contribution in [0, 0.1) is 12.8 Å². The first-order valence-corrected chi connectivity index (χ1v) is 6.42. The van der Waals surface area contributed by atoms with E-state index in [0.29, 0.717) is 30.3 Å². The second-order valence-corrected chi connectivity index (χ2v) is 4.88. The molecule has 104 valence electrons. The molecular formula is C14H14N2O4. The summed E-state index contributed by atoms with van der Waals surface area (Å²) >= 11 is 0. The Morgan fingerprint density at radius 1 is 1.40 bits per heavy atom. The van der Waals surface area contributed by atoms with Crippen molar-refractivity contribution in [3.63, 3.8) is 0 Å². The molecule has 20 heavy (non-hydrogen) atoms. The summed E-state index contributed by atoms with van der Waals surface area (Å²) in [6.07, 6.45) is 6.46. The number of rotatable bonds is 3. The van der Waals surface area contributed by atoms with E-state index in [0.717, 1.165) is 5.56 Å². The molecule has 1 aliphatic carbocycles. The molecule has 1 N–H and O–H groups in total. The van der Waals surface area contributed by atoms with E-state index in [1.165, 1.54) is 0 Å². The highest BCUT2D eigenvalue weighted by atomic mass is 16.5. The first kappa shape index (κ1) is 12.7. The SMILES string of the molecule is Cc1ccoc1-c1noc(C2CC=CCC2C(=O)O)n1. The van der Waals surface area contributed by atoms with E-state index in [4.69, 9.17) is 8.94 Å². The summed E-state index contributed by atoms with van der Waals surface area (Å²) in [4.78, 5) is 15.6. The molecule has 0 saturated carbocycles. The minimum atomic E-state index is -0.840. The summed E-state index contributed by atoms with van der Waals surface area (Å²) < 4.78 is 10.6. The largest absolute Gasteiger partial charge is 0.481 e. The number of carboxylic acids is 1. The van der Waals surface area contributed by atoms with Crippen molar-refractivity contribution < 1.29 is 18.8 Å². The predicted molar refractivity (Wildman–Crippen MR) is 69.0 cm³/mol. The number of aromatic nitrogens is 2. The van der Waals surface area contributed by atoms with Crippen molar-refractivity contribution in [1.82, 2.24) is 10.1 Å². The van der Waals surface area contributed by atoms with E-state index in [-0.39, 0.29) is 5.92 Å². The van der Waals surface area contributed by atoms with Gasteiger partial charge in [0.1, 0.15) is 0 Å². The maximum atomic E-state index is 11.3. The Labute approximate surface area is 115 Å². The molecule has 0 fully saturated rings. The van der Waals surface area contributed by atoms with Crippen LogP contribution in [0.4, 0.5) is 0 Å². The monoisotopic (exact) mass is 274 g/mol. The number of aryl methyl sites for hydroxylation is 1. The molecule has 0 radical (unpaired) electrons. The summed E-state index contributed by atoms with van der Waals surface area (Å²) in [5, 5.41) is 13.2. The highest BCUT2D eigenvalue weighted by Gasteiger charge is 2.34. The van der Waals surface area contributed by atoms with Gasteiger partial charge in [-0.3, -0.25) is 4.79 Å². The third-order valence-corrected chi connectivity index (χ3v) is 3.57. The van der Waals surface area contributed by atoms with Gasteiger partial charge in [-0.25, -0.2) is 0 Å². The van der Waals surface area contributed by atoms with Gasteiger partial charge >= 0.3 is 5.97 Å². The summed E-state index contributed by atoms with van der Waals surface area (Å²) in [6.45, 7) is 1.89. The number of hydrogen-bond acceptors (Lipinski definition) is 5. The lowest BCUT2D eigenvalue weighted by Crippen LogP contribution is -2.23. The van der Waals surface area contributed by atoms with Crippen molar-refractivity contribution in [3.8, 4) is 11.6 Å². The fourth-order valence-corrected chi connectivity index (χ4v) is 2.44. The minimum Gasteiger partial charge on any atom is -0.481 e. The second-order valence-electron chi connectivity index (χ2n) is 4.88. The van der Waals surface area contributed by atoms with Gasteiger partial charge in [-0.05, 0) is 31.4 Å². The maximum absolute atomic E-state index is 11.3. The van der Waals surface area contributed by atoms with Gasteiger partial charge in [0.25, 0.3) is 0 Å². The van der Waals surface area contributed by atoms with Crippen LogP contribution in [0.5, 0.6) is 0 Å². The molecule has 6 heteroatoms. The fraction of sp³-hybridized carbons (Fsp3) is 0.357. The minimum absolute atomic E-state index is 0.283. The topological polar surface area (TPSA) is 89.4 Å². The summed E-state index contributed by atoms with van der Waals surface area (Å²) in [6, 6.07) is 1.81. The van der Waals surface area contributed by atoms with E-state index in [1.54, 1.807) is 6.26 Å². The van der Waals surface area contributed by atoms with Gasteiger partial charge in [0.05, 0.1) is 18.1 Å².